The van der Waals surface area contributed by atoms with Gasteiger partial charge in [0.1, 0.15) is 5.78 Å². The van der Waals surface area contributed by atoms with E-state index in [0.29, 0.717) is 6.42 Å². The lowest BCUT2D eigenvalue weighted by Gasteiger charge is -2.22. The van der Waals surface area contributed by atoms with E-state index in [1.807, 2.05) is 18.4 Å². The van der Waals surface area contributed by atoms with Gasteiger partial charge in [-0.2, -0.15) is 0 Å². The van der Waals surface area contributed by atoms with Crippen molar-refractivity contribution in [3.63, 3.8) is 0 Å². The molecule has 0 saturated carbocycles. The zero-order valence-electron chi connectivity index (χ0n) is 7.87. The molecule has 14 heavy (non-hydrogen) atoms. The van der Waals surface area contributed by atoms with Crippen molar-refractivity contribution in [2.24, 2.45) is 0 Å². The third-order valence-corrected chi connectivity index (χ3v) is 3.48. The maximum absolute atomic E-state index is 11.2. The molecule has 1 atom stereocenters. The van der Waals surface area contributed by atoms with E-state index in [1.165, 1.54) is 0 Å². The molecule has 0 radical (unpaired) electrons. The number of carbonyl (C=O) groups is 2. The minimum atomic E-state index is -0.154. The first-order valence-corrected chi connectivity index (χ1v) is 5.40. The van der Waals surface area contributed by atoms with Crippen molar-refractivity contribution in [1.29, 1.82) is 0 Å². The molecule has 0 aromatic carbocycles. The van der Waals surface area contributed by atoms with Crippen LogP contribution in [0.4, 0.5) is 0 Å². The molecule has 74 valence electrons. The third kappa shape index (κ3) is 1.70. The molecule has 0 bridgehead atoms. The second kappa shape index (κ2) is 3.53. The summed E-state index contributed by atoms with van der Waals surface area (Å²) in [4.78, 5) is 23.5. The number of piperidine rings is 1. The van der Waals surface area contributed by atoms with E-state index in [4.69, 9.17) is 0 Å². The maximum Gasteiger partial charge on any atom is 0.227 e. The lowest BCUT2D eigenvalue weighted by Crippen LogP contribution is -2.36. The zero-order valence-corrected chi connectivity index (χ0v) is 8.69. The number of thiophene rings is 1. The predicted octanol–water partition coefficient (Wildman–Crippen LogP) is 1.58. The molecule has 1 aliphatic heterocycles. The van der Waals surface area contributed by atoms with Crippen LogP contribution in [0, 0.1) is 6.92 Å². The first-order valence-electron chi connectivity index (χ1n) is 4.52. The highest BCUT2D eigenvalue weighted by atomic mass is 32.1. The van der Waals surface area contributed by atoms with Crippen molar-refractivity contribution < 1.29 is 9.59 Å². The van der Waals surface area contributed by atoms with Crippen LogP contribution in [-0.2, 0) is 9.59 Å². The van der Waals surface area contributed by atoms with Gasteiger partial charge in [-0.1, -0.05) is 0 Å². The molecule has 1 unspecified atom stereocenters. The molecule has 1 N–H and O–H groups in total. The van der Waals surface area contributed by atoms with Crippen LogP contribution in [-0.4, -0.2) is 11.7 Å². The van der Waals surface area contributed by atoms with Gasteiger partial charge in [0.15, 0.2) is 0 Å². The molecule has 4 heteroatoms. The fourth-order valence-electron chi connectivity index (χ4n) is 1.67. The van der Waals surface area contributed by atoms with Gasteiger partial charge in [-0.3, -0.25) is 9.59 Å². The molecule has 0 aliphatic carbocycles. The Bertz CT molecular complexity index is 367. The fourth-order valence-corrected chi connectivity index (χ4v) is 2.65. The van der Waals surface area contributed by atoms with Crippen LogP contribution in [0.1, 0.15) is 29.3 Å². The molecular formula is C10H11NO2S. The van der Waals surface area contributed by atoms with Crippen LogP contribution in [0.5, 0.6) is 0 Å². The SMILES string of the molecule is Cc1ccsc1C1CC(=O)CC(=O)N1. The van der Waals surface area contributed by atoms with Crippen LogP contribution in [0.2, 0.25) is 0 Å². The minimum absolute atomic E-state index is 0.0338. The molecule has 2 heterocycles. The summed E-state index contributed by atoms with van der Waals surface area (Å²) in [6, 6.07) is 1.91. The highest BCUT2D eigenvalue weighted by molar-refractivity contribution is 7.10. The molecule has 2 rings (SSSR count). The highest BCUT2D eigenvalue weighted by Crippen LogP contribution is 2.28. The third-order valence-electron chi connectivity index (χ3n) is 2.34. The molecular weight excluding hydrogens is 198 g/mol. The largest absolute Gasteiger partial charge is 0.348 e. The van der Waals surface area contributed by atoms with Crippen LogP contribution < -0.4 is 5.32 Å². The summed E-state index contributed by atoms with van der Waals surface area (Å²) in [6.07, 6.45) is 0.480. The summed E-state index contributed by atoms with van der Waals surface area (Å²) < 4.78 is 0. The van der Waals surface area contributed by atoms with E-state index >= 15 is 0 Å². The number of hydrogen-bond donors (Lipinski definition) is 1. The van der Waals surface area contributed by atoms with Crippen molar-refractivity contribution in [3.05, 3.63) is 21.9 Å². The lowest BCUT2D eigenvalue weighted by molar-refractivity contribution is -0.132. The summed E-state index contributed by atoms with van der Waals surface area (Å²) >= 11 is 1.59. The number of amides is 1. The van der Waals surface area contributed by atoms with Crippen molar-refractivity contribution >= 4 is 23.0 Å². The van der Waals surface area contributed by atoms with Gasteiger partial charge < -0.3 is 5.32 Å². The van der Waals surface area contributed by atoms with Crippen molar-refractivity contribution in [2.45, 2.75) is 25.8 Å². The van der Waals surface area contributed by atoms with E-state index in [1.54, 1.807) is 11.3 Å². The van der Waals surface area contributed by atoms with Gasteiger partial charge in [0.2, 0.25) is 5.91 Å². The first-order chi connectivity index (χ1) is 6.66. The average Bonchev–Trinajstić information content (AvgIpc) is 2.49. The monoisotopic (exact) mass is 209 g/mol. The van der Waals surface area contributed by atoms with Crippen LogP contribution in [0.25, 0.3) is 0 Å². The number of ketones is 1. The standard InChI is InChI=1S/C10H11NO2S/c1-6-2-3-14-10(6)8-4-7(12)5-9(13)11-8/h2-3,8H,4-5H2,1H3,(H,11,13). The van der Waals surface area contributed by atoms with E-state index in [2.05, 4.69) is 5.32 Å². The summed E-state index contributed by atoms with van der Waals surface area (Å²) in [6.45, 7) is 2.00. The average molecular weight is 209 g/mol. The first kappa shape index (κ1) is 9.40. The van der Waals surface area contributed by atoms with Gasteiger partial charge in [-0.05, 0) is 23.9 Å². The van der Waals surface area contributed by atoms with Crippen molar-refractivity contribution in [3.8, 4) is 0 Å². The van der Waals surface area contributed by atoms with Crippen LogP contribution >= 0.6 is 11.3 Å². The van der Waals surface area contributed by atoms with Crippen LogP contribution in [0.15, 0.2) is 11.4 Å². The second-order valence-corrected chi connectivity index (χ2v) is 4.46. The Morgan fingerprint density at radius 1 is 1.50 bits per heavy atom. The minimum Gasteiger partial charge on any atom is -0.348 e. The number of carbonyl (C=O) groups excluding carboxylic acids is 2. The molecule has 0 spiro atoms. The molecule has 1 aromatic heterocycles. The number of hydrogen-bond acceptors (Lipinski definition) is 3. The Morgan fingerprint density at radius 2 is 2.29 bits per heavy atom. The summed E-state index contributed by atoms with van der Waals surface area (Å²) in [5.41, 5.74) is 1.15. The van der Waals surface area contributed by atoms with Crippen LogP contribution in [0.3, 0.4) is 0 Å². The number of aryl methyl sites for hydroxylation is 1. The smallest absolute Gasteiger partial charge is 0.227 e. The second-order valence-electron chi connectivity index (χ2n) is 3.51. The topological polar surface area (TPSA) is 46.2 Å². The quantitative estimate of drug-likeness (QED) is 0.714. The van der Waals surface area contributed by atoms with Gasteiger partial charge >= 0.3 is 0 Å². The summed E-state index contributed by atoms with van der Waals surface area (Å²) in [5, 5.41) is 4.82. The van der Waals surface area contributed by atoms with E-state index in [9.17, 15) is 9.59 Å². The van der Waals surface area contributed by atoms with Gasteiger partial charge in [0.05, 0.1) is 12.5 Å². The Labute approximate surface area is 86.1 Å². The number of nitrogens with one attached hydrogen (secondary N) is 1. The Kier molecular flexibility index (Phi) is 2.37. The van der Waals surface area contributed by atoms with Crippen molar-refractivity contribution in [2.75, 3.05) is 0 Å². The molecule has 1 saturated heterocycles. The summed E-state index contributed by atoms with van der Waals surface area (Å²) in [7, 11) is 0. The Balaban J connectivity index is 2.23. The molecule has 1 aromatic rings. The Hall–Kier alpha value is -1.16. The van der Waals surface area contributed by atoms with Gasteiger partial charge in [0.25, 0.3) is 0 Å². The molecule has 3 nitrogen and oxygen atoms in total. The van der Waals surface area contributed by atoms with Gasteiger partial charge in [-0.25, -0.2) is 0 Å². The highest BCUT2D eigenvalue weighted by Gasteiger charge is 2.26. The number of Topliss-reactive ketones (excluding diaryl/α,β-unsaturated/α-hetero) is 1. The number of rotatable bonds is 1. The van der Waals surface area contributed by atoms with E-state index < -0.39 is 0 Å². The fraction of sp³-hybridized carbons (Fsp3) is 0.400. The van der Waals surface area contributed by atoms with E-state index in [0.717, 1.165) is 10.4 Å². The lowest BCUT2D eigenvalue weighted by atomic mass is 10.00. The summed E-state index contributed by atoms with van der Waals surface area (Å²) in [5.74, 6) is -0.120. The van der Waals surface area contributed by atoms with Gasteiger partial charge in [0, 0.05) is 11.3 Å². The predicted molar refractivity (Wildman–Crippen MR) is 54.2 cm³/mol. The maximum atomic E-state index is 11.2. The Morgan fingerprint density at radius 3 is 2.86 bits per heavy atom. The van der Waals surface area contributed by atoms with Crippen molar-refractivity contribution in [1.82, 2.24) is 5.32 Å². The molecule has 1 amide bonds. The molecule has 1 aliphatic rings. The molecule has 1 fully saturated rings. The zero-order chi connectivity index (χ0) is 10.1. The van der Waals surface area contributed by atoms with E-state index in [-0.39, 0.29) is 24.2 Å². The normalized spacial score (nSPS) is 22.2. The van der Waals surface area contributed by atoms with Gasteiger partial charge in [-0.15, -0.1) is 11.3 Å².